The zero-order valence-corrected chi connectivity index (χ0v) is 20.3. The summed E-state index contributed by atoms with van der Waals surface area (Å²) >= 11 is 5.42. The molecule has 1 aliphatic rings. The van der Waals surface area contributed by atoms with Gasteiger partial charge in [0.15, 0.2) is 4.77 Å². The Labute approximate surface area is 199 Å². The van der Waals surface area contributed by atoms with E-state index in [0.717, 1.165) is 18.4 Å². The van der Waals surface area contributed by atoms with Gasteiger partial charge in [-0.3, -0.25) is 14.2 Å². The molecule has 33 heavy (non-hydrogen) atoms. The Bertz CT molecular complexity index is 1260. The lowest BCUT2D eigenvalue weighted by atomic mass is 10.0. The zero-order chi connectivity index (χ0) is 23.5. The van der Waals surface area contributed by atoms with Crippen LogP contribution in [0.15, 0.2) is 47.3 Å². The van der Waals surface area contributed by atoms with Gasteiger partial charge in [-0.05, 0) is 66.7 Å². The minimum Gasteiger partial charge on any atom is -0.385 e. The number of hydrogen-bond donors (Lipinski definition) is 1. The molecule has 1 fully saturated rings. The zero-order valence-electron chi connectivity index (χ0n) is 19.5. The normalized spacial score (nSPS) is 13.6. The molecule has 0 atom stereocenters. The van der Waals surface area contributed by atoms with Crippen LogP contribution >= 0.6 is 12.2 Å². The van der Waals surface area contributed by atoms with Crippen LogP contribution in [0.5, 0.6) is 0 Å². The lowest BCUT2D eigenvalue weighted by molar-refractivity contribution is 0.0730. The highest BCUT2D eigenvalue weighted by Gasteiger charge is 2.33. The topological polar surface area (TPSA) is 67.3 Å². The molecule has 4 rings (SSSR count). The number of methoxy groups -OCH3 is 1. The molecule has 0 spiro atoms. The van der Waals surface area contributed by atoms with Gasteiger partial charge in [0.05, 0.1) is 10.9 Å². The van der Waals surface area contributed by atoms with Crippen LogP contribution in [0.4, 0.5) is 0 Å². The van der Waals surface area contributed by atoms with E-state index in [1.165, 1.54) is 5.56 Å². The number of H-pyrrole nitrogens is 1. The number of rotatable bonds is 9. The Morgan fingerprint density at radius 2 is 1.94 bits per heavy atom. The van der Waals surface area contributed by atoms with E-state index in [9.17, 15) is 9.59 Å². The van der Waals surface area contributed by atoms with E-state index in [-0.39, 0.29) is 17.5 Å². The smallest absolute Gasteiger partial charge is 0.262 e. The summed E-state index contributed by atoms with van der Waals surface area (Å²) in [5.74, 6) is 0.462. The third-order valence-electron chi connectivity index (χ3n) is 6.21. The summed E-state index contributed by atoms with van der Waals surface area (Å²) in [5.41, 5.74) is 3.43. The number of aromatic nitrogens is 2. The fourth-order valence-corrected chi connectivity index (χ4v) is 4.37. The van der Waals surface area contributed by atoms with Gasteiger partial charge in [0, 0.05) is 38.4 Å². The minimum atomic E-state index is -0.145. The molecule has 2 aromatic carbocycles. The molecule has 0 radical (unpaired) electrons. The minimum absolute atomic E-state index is 0.0177. The van der Waals surface area contributed by atoms with Crippen molar-refractivity contribution in [3.63, 3.8) is 0 Å². The second-order valence-corrected chi connectivity index (χ2v) is 9.44. The molecular formula is C26H31N3O3S. The van der Waals surface area contributed by atoms with Crippen LogP contribution in [0.3, 0.4) is 0 Å². The van der Waals surface area contributed by atoms with Gasteiger partial charge in [-0.1, -0.05) is 38.1 Å². The van der Waals surface area contributed by atoms with Crippen LogP contribution in [0.2, 0.25) is 0 Å². The average Bonchev–Trinajstić information content (AvgIpc) is 3.64. The molecule has 3 aromatic rings. The second-order valence-electron chi connectivity index (χ2n) is 9.05. The van der Waals surface area contributed by atoms with Gasteiger partial charge >= 0.3 is 0 Å². The van der Waals surface area contributed by atoms with Crippen molar-refractivity contribution in [3.05, 3.63) is 74.3 Å². The van der Waals surface area contributed by atoms with Gasteiger partial charge < -0.3 is 14.6 Å². The Balaban J connectivity index is 1.60. The lowest BCUT2D eigenvalue weighted by Gasteiger charge is -2.23. The highest BCUT2D eigenvalue weighted by atomic mass is 32.1. The first-order chi connectivity index (χ1) is 15.9. The molecule has 1 N–H and O–H groups in total. The van der Waals surface area contributed by atoms with E-state index < -0.39 is 0 Å². The summed E-state index contributed by atoms with van der Waals surface area (Å²) in [5, 5.41) is 0.528. The Morgan fingerprint density at radius 3 is 2.58 bits per heavy atom. The lowest BCUT2D eigenvalue weighted by Crippen LogP contribution is -2.32. The maximum Gasteiger partial charge on any atom is 0.262 e. The summed E-state index contributed by atoms with van der Waals surface area (Å²) in [7, 11) is 1.63. The number of benzene rings is 2. The summed E-state index contributed by atoms with van der Waals surface area (Å²) in [6.45, 7) is 5.98. The number of ether oxygens (including phenoxy) is 1. The molecule has 0 unspecified atom stereocenters. The van der Waals surface area contributed by atoms with Crippen molar-refractivity contribution in [2.75, 3.05) is 13.7 Å². The van der Waals surface area contributed by atoms with Gasteiger partial charge in [-0.15, -0.1) is 0 Å². The largest absolute Gasteiger partial charge is 0.385 e. The number of carbonyl (C=O) groups excluding carboxylic acids is 1. The Morgan fingerprint density at radius 1 is 1.21 bits per heavy atom. The SMILES string of the molecule is COCCCn1c(=S)[nH]c2cc(C(=O)N(Cc3ccc(C(C)C)cc3)C3CC3)ccc2c1=O. The molecule has 1 aliphatic carbocycles. The molecule has 174 valence electrons. The van der Waals surface area contributed by atoms with E-state index >= 15 is 0 Å². The molecule has 1 aromatic heterocycles. The van der Waals surface area contributed by atoms with E-state index in [2.05, 4.69) is 43.1 Å². The summed E-state index contributed by atoms with van der Waals surface area (Å²) < 4.78 is 6.99. The maximum atomic E-state index is 13.4. The first-order valence-corrected chi connectivity index (χ1v) is 12.0. The Hall–Kier alpha value is -2.77. The van der Waals surface area contributed by atoms with Gasteiger partial charge in [0.25, 0.3) is 11.5 Å². The third-order valence-corrected chi connectivity index (χ3v) is 6.53. The average molecular weight is 466 g/mol. The van der Waals surface area contributed by atoms with Crippen LogP contribution < -0.4 is 5.56 Å². The molecular weight excluding hydrogens is 434 g/mol. The monoisotopic (exact) mass is 465 g/mol. The molecule has 0 aliphatic heterocycles. The predicted molar refractivity (Wildman–Crippen MR) is 133 cm³/mol. The van der Waals surface area contributed by atoms with Gasteiger partial charge in [-0.25, -0.2) is 0 Å². The number of fused-ring (bicyclic) bond motifs is 1. The fourth-order valence-electron chi connectivity index (χ4n) is 4.08. The molecule has 1 amide bonds. The molecule has 0 saturated heterocycles. The quantitative estimate of drug-likeness (QED) is 0.356. The number of nitrogens with one attached hydrogen (secondary N) is 1. The molecule has 0 bridgehead atoms. The van der Waals surface area contributed by atoms with Crippen LogP contribution in [0.1, 0.15) is 60.5 Å². The standard InChI is InChI=1S/C26H31N3O3S/c1-17(2)19-7-5-18(6-8-19)16-29(21-10-11-21)24(30)20-9-12-22-23(15-20)27-26(33)28(25(22)31)13-4-14-32-3/h5-9,12,15,17,21H,4,10-11,13-14,16H2,1-3H3,(H,27,33). The third kappa shape index (κ3) is 5.25. The van der Waals surface area contributed by atoms with Crippen LogP contribution in [0, 0.1) is 4.77 Å². The molecule has 7 heteroatoms. The van der Waals surface area contributed by atoms with Crippen molar-refractivity contribution in [2.45, 2.75) is 58.2 Å². The summed E-state index contributed by atoms with van der Waals surface area (Å²) in [6, 6.07) is 14.0. The maximum absolute atomic E-state index is 13.4. The highest BCUT2D eigenvalue weighted by Crippen LogP contribution is 2.30. The van der Waals surface area contributed by atoms with Gasteiger partial charge in [-0.2, -0.15) is 0 Å². The van der Waals surface area contributed by atoms with E-state index in [1.54, 1.807) is 29.9 Å². The van der Waals surface area contributed by atoms with Crippen molar-refractivity contribution in [1.29, 1.82) is 0 Å². The first kappa shape index (κ1) is 23.4. The van der Waals surface area contributed by atoms with Crippen molar-refractivity contribution in [3.8, 4) is 0 Å². The number of hydrogen-bond acceptors (Lipinski definition) is 4. The fraction of sp³-hybridized carbons (Fsp3) is 0.423. The van der Waals surface area contributed by atoms with Gasteiger partial charge in [0.2, 0.25) is 0 Å². The van der Waals surface area contributed by atoms with Crippen LogP contribution in [0.25, 0.3) is 10.9 Å². The van der Waals surface area contributed by atoms with Crippen molar-refractivity contribution < 1.29 is 9.53 Å². The number of aromatic amines is 1. The number of carbonyl (C=O) groups is 1. The van der Waals surface area contributed by atoms with Crippen molar-refractivity contribution in [2.24, 2.45) is 0 Å². The first-order valence-electron chi connectivity index (χ1n) is 11.5. The van der Waals surface area contributed by atoms with E-state index in [1.807, 2.05) is 4.90 Å². The van der Waals surface area contributed by atoms with Crippen LogP contribution in [-0.4, -0.2) is 40.1 Å². The molecule has 6 nitrogen and oxygen atoms in total. The second kappa shape index (κ2) is 10.0. The Kier molecular flexibility index (Phi) is 7.10. The summed E-state index contributed by atoms with van der Waals surface area (Å²) in [4.78, 5) is 31.5. The number of amides is 1. The van der Waals surface area contributed by atoms with Crippen molar-refractivity contribution >= 4 is 29.0 Å². The number of nitrogens with zero attached hydrogens (tertiary/aromatic N) is 2. The van der Waals surface area contributed by atoms with E-state index in [4.69, 9.17) is 17.0 Å². The van der Waals surface area contributed by atoms with Crippen molar-refractivity contribution in [1.82, 2.24) is 14.5 Å². The van der Waals surface area contributed by atoms with E-state index in [0.29, 0.717) is 53.3 Å². The molecule has 1 saturated carbocycles. The van der Waals surface area contributed by atoms with Crippen LogP contribution in [-0.2, 0) is 17.8 Å². The highest BCUT2D eigenvalue weighted by molar-refractivity contribution is 7.71. The van der Waals surface area contributed by atoms with Gasteiger partial charge in [0.1, 0.15) is 0 Å². The summed E-state index contributed by atoms with van der Waals surface area (Å²) in [6.07, 6.45) is 2.75. The molecule has 1 heterocycles. The predicted octanol–water partition coefficient (Wildman–Crippen LogP) is 5.02.